The van der Waals surface area contributed by atoms with E-state index < -0.39 is 5.41 Å². The Hall–Kier alpha value is -2.15. The van der Waals surface area contributed by atoms with Gasteiger partial charge in [-0.2, -0.15) is 0 Å². The molecular formula is C24H24ClNO4S. The Morgan fingerprint density at radius 3 is 2.65 bits per heavy atom. The number of fused-ring (bicyclic) bond motifs is 1. The first-order chi connectivity index (χ1) is 14.9. The number of piperidine rings is 1. The Balaban J connectivity index is 1.74. The second-order valence-corrected chi connectivity index (χ2v) is 10.3. The topological polar surface area (TPSA) is 70.0 Å². The number of nitrogens with zero attached hydrogens (tertiary/aromatic N) is 1. The predicted molar refractivity (Wildman–Crippen MR) is 121 cm³/mol. The van der Waals surface area contributed by atoms with Gasteiger partial charge in [0.15, 0.2) is 23.0 Å². The summed E-state index contributed by atoms with van der Waals surface area (Å²) in [5, 5.41) is 22.1. The molecule has 2 aromatic rings. The maximum Gasteiger partial charge on any atom is 0.197 e. The van der Waals surface area contributed by atoms with Crippen LogP contribution in [0.2, 0.25) is 5.02 Å². The van der Waals surface area contributed by atoms with Crippen LogP contribution in [0.3, 0.4) is 0 Å². The number of Topliss-reactive ketones (excluding diaryl/α,β-unsaturated/α-hetero) is 1. The number of carbonyl (C=O) groups excluding carboxylic acids is 1. The van der Waals surface area contributed by atoms with E-state index in [0.717, 1.165) is 23.4 Å². The molecular weight excluding hydrogens is 434 g/mol. The Morgan fingerprint density at radius 2 is 1.94 bits per heavy atom. The fourth-order valence-corrected chi connectivity index (χ4v) is 7.25. The van der Waals surface area contributed by atoms with Crippen molar-refractivity contribution in [1.82, 2.24) is 4.90 Å². The summed E-state index contributed by atoms with van der Waals surface area (Å²) in [6.07, 6.45) is 2.95. The first-order valence-electron chi connectivity index (χ1n) is 10.3. The summed E-state index contributed by atoms with van der Waals surface area (Å²) < 4.78 is 5.42. The van der Waals surface area contributed by atoms with Crippen LogP contribution in [0.25, 0.3) is 0 Å². The van der Waals surface area contributed by atoms with Gasteiger partial charge in [0.05, 0.1) is 12.4 Å². The molecule has 5 nitrogen and oxygen atoms in total. The molecule has 3 aliphatic rings. The molecule has 0 saturated carbocycles. The van der Waals surface area contributed by atoms with Gasteiger partial charge >= 0.3 is 0 Å². The Labute approximate surface area is 190 Å². The number of hydrogen-bond acceptors (Lipinski definition) is 6. The van der Waals surface area contributed by atoms with E-state index in [9.17, 15) is 15.0 Å². The van der Waals surface area contributed by atoms with Crippen molar-refractivity contribution in [1.29, 1.82) is 0 Å². The number of aromatic hydroxyl groups is 2. The number of carbonyl (C=O) groups is 1. The number of methoxy groups -OCH3 is 1. The molecule has 0 aromatic heterocycles. The molecule has 2 bridgehead atoms. The number of likely N-dealkylation sites (tertiary alicyclic amines) is 1. The maximum absolute atomic E-state index is 12.9. The quantitative estimate of drug-likeness (QED) is 0.653. The zero-order valence-corrected chi connectivity index (χ0v) is 18.9. The van der Waals surface area contributed by atoms with Crippen LogP contribution in [0.4, 0.5) is 0 Å². The molecule has 4 atom stereocenters. The van der Waals surface area contributed by atoms with Crippen LogP contribution in [0.1, 0.15) is 29.2 Å². The van der Waals surface area contributed by atoms with Gasteiger partial charge in [0.1, 0.15) is 0 Å². The molecule has 162 valence electrons. The SMILES string of the molecule is COC1=CC2[C@@H]3[C@H](Sc4ccc(Cl)cc4)c4ccc(O)c(O)c4[C@]2(CCN3C)CC1=O. The average molecular weight is 458 g/mol. The standard InChI is InChI=1S/C24H24ClNO4S/c1-26-10-9-24-12-18(28)19(30-2)11-16(24)21(26)23(31-14-5-3-13(25)4-6-14)15-7-8-17(27)22(29)20(15)24/h3-8,11,16,21,23,27,29H,9-10,12H2,1-2H3/t16?,21-,23-,24-/m1/s1. The molecule has 0 spiro atoms. The predicted octanol–water partition coefficient (Wildman–Crippen LogP) is 4.66. The summed E-state index contributed by atoms with van der Waals surface area (Å²) in [5.41, 5.74) is 1.14. The number of phenols is 2. The summed E-state index contributed by atoms with van der Waals surface area (Å²) in [5.74, 6) is 0.0606. The molecule has 1 fully saturated rings. The van der Waals surface area contributed by atoms with Crippen molar-refractivity contribution < 1.29 is 19.7 Å². The fraction of sp³-hybridized carbons (Fsp3) is 0.375. The number of phenolic OH excluding ortho intramolecular Hbond substituents is 2. The lowest BCUT2D eigenvalue weighted by molar-refractivity contribution is -0.122. The van der Waals surface area contributed by atoms with Crippen molar-refractivity contribution in [2.75, 3.05) is 20.7 Å². The fourth-order valence-electron chi connectivity index (χ4n) is 5.70. The highest BCUT2D eigenvalue weighted by atomic mass is 35.5. The summed E-state index contributed by atoms with van der Waals surface area (Å²) in [4.78, 5) is 16.3. The van der Waals surface area contributed by atoms with E-state index in [1.165, 1.54) is 7.11 Å². The molecule has 1 unspecified atom stereocenters. The number of rotatable bonds is 3. The van der Waals surface area contributed by atoms with Gasteiger partial charge in [0.25, 0.3) is 0 Å². The lowest BCUT2D eigenvalue weighted by Crippen LogP contribution is -2.61. The molecule has 1 heterocycles. The molecule has 2 aromatic carbocycles. The molecule has 5 rings (SSSR count). The maximum atomic E-state index is 12.9. The second kappa shape index (κ2) is 7.47. The van der Waals surface area contributed by atoms with E-state index in [1.807, 2.05) is 36.4 Å². The van der Waals surface area contributed by atoms with Crippen molar-refractivity contribution in [2.45, 2.75) is 34.4 Å². The van der Waals surface area contributed by atoms with Crippen LogP contribution in [-0.4, -0.2) is 47.6 Å². The Morgan fingerprint density at radius 1 is 1.19 bits per heavy atom. The molecule has 0 radical (unpaired) electrons. The highest BCUT2D eigenvalue weighted by Crippen LogP contribution is 2.63. The van der Waals surface area contributed by atoms with Crippen LogP contribution < -0.4 is 0 Å². The van der Waals surface area contributed by atoms with Gasteiger partial charge in [0, 0.05) is 39.3 Å². The van der Waals surface area contributed by atoms with Crippen LogP contribution in [-0.2, 0) is 14.9 Å². The highest BCUT2D eigenvalue weighted by molar-refractivity contribution is 7.99. The van der Waals surface area contributed by atoms with E-state index >= 15 is 0 Å². The summed E-state index contributed by atoms with van der Waals surface area (Å²) in [6.45, 7) is 0.802. The minimum absolute atomic E-state index is 0.00587. The van der Waals surface area contributed by atoms with Gasteiger partial charge in [-0.05, 0) is 62.0 Å². The third kappa shape index (κ3) is 3.07. The third-order valence-corrected chi connectivity index (χ3v) is 8.69. The summed E-state index contributed by atoms with van der Waals surface area (Å²) in [7, 11) is 3.65. The van der Waals surface area contributed by atoms with E-state index in [4.69, 9.17) is 16.3 Å². The van der Waals surface area contributed by atoms with E-state index in [0.29, 0.717) is 16.3 Å². The number of thioether (sulfide) groups is 1. The summed E-state index contributed by atoms with van der Waals surface area (Å²) in [6, 6.07) is 11.3. The molecule has 0 amide bonds. The smallest absolute Gasteiger partial charge is 0.197 e. The van der Waals surface area contributed by atoms with Gasteiger partial charge in [0.2, 0.25) is 0 Å². The molecule has 2 N–H and O–H groups in total. The van der Waals surface area contributed by atoms with Crippen molar-refractivity contribution in [2.24, 2.45) is 5.92 Å². The lowest BCUT2D eigenvalue weighted by Gasteiger charge is -2.58. The van der Waals surface area contributed by atoms with Crippen LogP contribution in [0.15, 0.2) is 53.1 Å². The normalized spacial score (nSPS) is 29.7. The number of allylic oxidation sites excluding steroid dienone is 1. The summed E-state index contributed by atoms with van der Waals surface area (Å²) >= 11 is 7.80. The zero-order chi connectivity index (χ0) is 21.9. The van der Waals surface area contributed by atoms with Crippen molar-refractivity contribution >= 4 is 29.1 Å². The molecule has 7 heteroatoms. The number of ketones is 1. The third-order valence-electron chi connectivity index (χ3n) is 7.11. The van der Waals surface area contributed by atoms with Crippen LogP contribution in [0.5, 0.6) is 11.5 Å². The van der Waals surface area contributed by atoms with Crippen molar-refractivity contribution in [3.63, 3.8) is 0 Å². The van der Waals surface area contributed by atoms with Gasteiger partial charge in [-0.25, -0.2) is 0 Å². The van der Waals surface area contributed by atoms with Gasteiger partial charge < -0.3 is 19.8 Å². The molecule has 31 heavy (non-hydrogen) atoms. The van der Waals surface area contributed by atoms with Gasteiger partial charge in [-0.3, -0.25) is 4.79 Å². The number of ether oxygens (including phenoxy) is 1. The van der Waals surface area contributed by atoms with Crippen molar-refractivity contribution in [3.8, 4) is 11.5 Å². The number of halogens is 1. The highest BCUT2D eigenvalue weighted by Gasteiger charge is 2.59. The van der Waals surface area contributed by atoms with Crippen LogP contribution >= 0.6 is 23.4 Å². The Bertz CT molecular complexity index is 1090. The number of hydrogen-bond donors (Lipinski definition) is 2. The van der Waals surface area contributed by atoms with E-state index in [-0.39, 0.29) is 40.9 Å². The molecule has 2 aliphatic carbocycles. The first-order valence-corrected chi connectivity index (χ1v) is 11.6. The number of benzene rings is 2. The van der Waals surface area contributed by atoms with Gasteiger partial charge in [-0.1, -0.05) is 17.7 Å². The minimum Gasteiger partial charge on any atom is -0.504 e. The molecule has 1 aliphatic heterocycles. The molecule has 1 saturated heterocycles. The Kier molecular flexibility index (Phi) is 5.00. The van der Waals surface area contributed by atoms with Crippen LogP contribution in [0, 0.1) is 5.92 Å². The van der Waals surface area contributed by atoms with Crippen molar-refractivity contribution in [3.05, 3.63) is 64.4 Å². The zero-order valence-electron chi connectivity index (χ0n) is 17.3. The van der Waals surface area contributed by atoms with E-state index in [1.54, 1.807) is 17.8 Å². The average Bonchev–Trinajstić information content (AvgIpc) is 2.75. The number of likely N-dealkylation sites (N-methyl/N-ethyl adjacent to an activating group) is 1. The van der Waals surface area contributed by atoms with Gasteiger partial charge in [-0.15, -0.1) is 11.8 Å². The van der Waals surface area contributed by atoms with E-state index in [2.05, 4.69) is 11.9 Å². The minimum atomic E-state index is -0.550. The largest absolute Gasteiger partial charge is 0.504 e. The second-order valence-electron chi connectivity index (χ2n) is 8.63. The monoisotopic (exact) mass is 457 g/mol. The lowest BCUT2D eigenvalue weighted by atomic mass is 9.53. The first kappa shape index (κ1) is 20.7.